The molecule has 1 aromatic heterocycles. The van der Waals surface area contributed by atoms with Crippen molar-refractivity contribution in [1.29, 1.82) is 0 Å². The zero-order valence-corrected chi connectivity index (χ0v) is 13.1. The van der Waals surface area contributed by atoms with Crippen LogP contribution < -0.4 is 10.1 Å². The summed E-state index contributed by atoms with van der Waals surface area (Å²) >= 11 is 9.49. The van der Waals surface area contributed by atoms with Gasteiger partial charge in [0.25, 0.3) is 0 Å². The van der Waals surface area contributed by atoms with Gasteiger partial charge in [-0.2, -0.15) is 0 Å². The zero-order valence-electron chi connectivity index (χ0n) is 10.7. The molecule has 0 fully saturated rings. The van der Waals surface area contributed by atoms with Crippen molar-refractivity contribution in [2.24, 2.45) is 0 Å². The second kappa shape index (κ2) is 6.46. The average molecular weight is 345 g/mol. The molecule has 1 atom stereocenters. The summed E-state index contributed by atoms with van der Waals surface area (Å²) in [5.41, 5.74) is 1.04. The number of hydrogen-bond acceptors (Lipinski definition) is 3. The van der Waals surface area contributed by atoms with Gasteiger partial charge >= 0.3 is 0 Å². The fourth-order valence-electron chi connectivity index (χ4n) is 1.93. The molecule has 0 saturated carbocycles. The predicted molar refractivity (Wildman–Crippen MR) is 79.9 cm³/mol. The lowest BCUT2D eigenvalue weighted by Crippen LogP contribution is -2.21. The number of ether oxygens (including phenoxy) is 1. The Kier molecular flexibility index (Phi) is 4.91. The molecule has 1 aromatic carbocycles. The van der Waals surface area contributed by atoms with E-state index in [-0.39, 0.29) is 6.04 Å². The Morgan fingerprint density at radius 2 is 2.16 bits per heavy atom. The first-order valence-corrected chi connectivity index (χ1v) is 7.14. The molecule has 19 heavy (non-hydrogen) atoms. The minimum absolute atomic E-state index is 0.0280. The van der Waals surface area contributed by atoms with Crippen LogP contribution in [0.3, 0.4) is 0 Å². The van der Waals surface area contributed by atoms with E-state index in [1.165, 1.54) is 0 Å². The fraction of sp³-hybridized carbons (Fsp3) is 0.286. The number of rotatable bonds is 5. The van der Waals surface area contributed by atoms with E-state index < -0.39 is 0 Å². The van der Waals surface area contributed by atoms with Gasteiger partial charge in [0.1, 0.15) is 11.5 Å². The molecule has 0 amide bonds. The highest BCUT2D eigenvalue weighted by molar-refractivity contribution is 9.10. The molecule has 0 radical (unpaired) electrons. The van der Waals surface area contributed by atoms with E-state index in [0.29, 0.717) is 15.4 Å². The highest BCUT2D eigenvalue weighted by Gasteiger charge is 2.18. The van der Waals surface area contributed by atoms with Crippen LogP contribution >= 0.6 is 27.5 Å². The Morgan fingerprint density at radius 3 is 2.68 bits per heavy atom. The van der Waals surface area contributed by atoms with Crippen molar-refractivity contribution in [2.75, 3.05) is 13.7 Å². The number of furan rings is 1. The molecule has 0 bridgehead atoms. The van der Waals surface area contributed by atoms with Gasteiger partial charge in [0.15, 0.2) is 4.67 Å². The summed E-state index contributed by atoms with van der Waals surface area (Å²) in [7, 11) is 1.60. The van der Waals surface area contributed by atoms with Crippen LogP contribution in [0.4, 0.5) is 0 Å². The van der Waals surface area contributed by atoms with Crippen LogP contribution in [-0.2, 0) is 0 Å². The molecule has 2 aromatic rings. The third-order valence-electron chi connectivity index (χ3n) is 2.80. The fourth-order valence-corrected chi connectivity index (χ4v) is 2.52. The summed E-state index contributed by atoms with van der Waals surface area (Å²) < 4.78 is 11.5. The zero-order chi connectivity index (χ0) is 13.8. The van der Waals surface area contributed by atoms with Gasteiger partial charge < -0.3 is 14.5 Å². The molecule has 0 saturated heterocycles. The maximum absolute atomic E-state index is 6.17. The Morgan fingerprint density at radius 1 is 1.37 bits per heavy atom. The number of benzene rings is 1. The average Bonchev–Trinajstić information content (AvgIpc) is 2.82. The highest BCUT2D eigenvalue weighted by Crippen LogP contribution is 2.31. The maximum atomic E-state index is 6.17. The minimum atomic E-state index is -0.0280. The molecule has 102 valence electrons. The van der Waals surface area contributed by atoms with Gasteiger partial charge in [-0.3, -0.25) is 0 Å². The molecule has 3 nitrogen and oxygen atoms in total. The van der Waals surface area contributed by atoms with E-state index in [1.807, 2.05) is 30.3 Å². The second-order valence-electron chi connectivity index (χ2n) is 4.03. The molecule has 0 aliphatic carbocycles. The lowest BCUT2D eigenvalue weighted by atomic mass is 10.0. The van der Waals surface area contributed by atoms with Crippen LogP contribution in [0.2, 0.25) is 5.02 Å². The van der Waals surface area contributed by atoms with Crippen LogP contribution in [0.15, 0.2) is 39.4 Å². The number of nitrogens with one attached hydrogen (secondary N) is 1. The van der Waals surface area contributed by atoms with Crippen molar-refractivity contribution in [3.8, 4) is 5.75 Å². The summed E-state index contributed by atoms with van der Waals surface area (Å²) in [5.74, 6) is 1.51. The first-order chi connectivity index (χ1) is 9.15. The van der Waals surface area contributed by atoms with E-state index in [2.05, 4.69) is 28.2 Å². The summed E-state index contributed by atoms with van der Waals surface area (Å²) in [5, 5.41) is 3.97. The van der Waals surface area contributed by atoms with Gasteiger partial charge in [-0.25, -0.2) is 0 Å². The Labute approximate surface area is 126 Å². The van der Waals surface area contributed by atoms with Crippen molar-refractivity contribution in [3.05, 3.63) is 51.3 Å². The maximum Gasteiger partial charge on any atom is 0.169 e. The molecule has 0 aliphatic rings. The van der Waals surface area contributed by atoms with Crippen molar-refractivity contribution in [2.45, 2.75) is 13.0 Å². The molecule has 1 unspecified atom stereocenters. The van der Waals surface area contributed by atoms with E-state index in [4.69, 9.17) is 20.8 Å². The summed E-state index contributed by atoms with van der Waals surface area (Å²) in [6.07, 6.45) is 0. The molecule has 1 N–H and O–H groups in total. The van der Waals surface area contributed by atoms with Gasteiger partial charge in [-0.05, 0) is 52.3 Å². The van der Waals surface area contributed by atoms with Crippen LogP contribution in [0, 0.1) is 0 Å². The molecule has 5 heteroatoms. The molecular formula is C14H15BrClNO2. The van der Waals surface area contributed by atoms with Gasteiger partial charge in [0.2, 0.25) is 0 Å². The molecule has 0 aliphatic heterocycles. The van der Waals surface area contributed by atoms with E-state index in [1.54, 1.807) is 7.11 Å². The number of hydrogen-bond donors (Lipinski definition) is 1. The monoisotopic (exact) mass is 343 g/mol. The van der Waals surface area contributed by atoms with Gasteiger partial charge in [0.05, 0.1) is 18.2 Å². The molecular weight excluding hydrogens is 330 g/mol. The van der Waals surface area contributed by atoms with Crippen LogP contribution in [0.5, 0.6) is 5.75 Å². The van der Waals surface area contributed by atoms with Gasteiger partial charge in [-0.15, -0.1) is 0 Å². The van der Waals surface area contributed by atoms with Crippen molar-refractivity contribution < 1.29 is 9.15 Å². The summed E-state index contributed by atoms with van der Waals surface area (Å²) in [6.45, 7) is 2.88. The first kappa shape index (κ1) is 14.4. The van der Waals surface area contributed by atoms with Crippen molar-refractivity contribution in [1.82, 2.24) is 5.32 Å². The topological polar surface area (TPSA) is 34.4 Å². The van der Waals surface area contributed by atoms with Crippen LogP contribution in [-0.4, -0.2) is 13.7 Å². The highest BCUT2D eigenvalue weighted by atomic mass is 79.9. The van der Waals surface area contributed by atoms with Crippen molar-refractivity contribution in [3.63, 3.8) is 0 Å². The number of methoxy groups -OCH3 is 1. The Bertz CT molecular complexity index is 556. The minimum Gasteiger partial charge on any atom is -0.495 e. The van der Waals surface area contributed by atoms with E-state index >= 15 is 0 Å². The van der Waals surface area contributed by atoms with E-state index in [0.717, 1.165) is 17.9 Å². The lowest BCUT2D eigenvalue weighted by molar-refractivity contribution is 0.413. The van der Waals surface area contributed by atoms with Gasteiger partial charge in [-0.1, -0.05) is 24.6 Å². The van der Waals surface area contributed by atoms with E-state index in [9.17, 15) is 0 Å². The summed E-state index contributed by atoms with van der Waals surface area (Å²) in [4.78, 5) is 0. The normalized spacial score (nSPS) is 12.4. The SMILES string of the molecule is CCNC(c1ccc(OC)c(Cl)c1)c1ccc(Br)o1. The predicted octanol–water partition coefficient (Wildman–Crippen LogP) is 4.40. The Balaban J connectivity index is 2.36. The second-order valence-corrected chi connectivity index (χ2v) is 5.22. The first-order valence-electron chi connectivity index (χ1n) is 5.97. The molecule has 0 spiro atoms. The van der Waals surface area contributed by atoms with Crippen LogP contribution in [0.1, 0.15) is 24.3 Å². The standard InChI is InChI=1S/C14H15BrClNO2/c1-3-17-14(12-6-7-13(15)19-12)9-4-5-11(18-2)10(16)8-9/h4-8,14,17H,3H2,1-2H3. The van der Waals surface area contributed by atoms with Crippen molar-refractivity contribution >= 4 is 27.5 Å². The van der Waals surface area contributed by atoms with Crippen LogP contribution in [0.25, 0.3) is 0 Å². The largest absolute Gasteiger partial charge is 0.495 e. The number of halogens is 2. The smallest absolute Gasteiger partial charge is 0.169 e. The molecule has 2 rings (SSSR count). The third-order valence-corrected chi connectivity index (χ3v) is 3.52. The lowest BCUT2D eigenvalue weighted by Gasteiger charge is -2.17. The quantitative estimate of drug-likeness (QED) is 0.873. The summed E-state index contributed by atoms with van der Waals surface area (Å²) in [6, 6.07) is 9.53. The third kappa shape index (κ3) is 3.32. The van der Waals surface area contributed by atoms with Gasteiger partial charge in [0, 0.05) is 0 Å². The Hall–Kier alpha value is -0.970. The molecule has 1 heterocycles.